The largest absolute Gasteiger partial charge is 0.480 e. The molecular formula is C14H20N2O5. The molecule has 1 rings (SSSR count). The summed E-state index contributed by atoms with van der Waals surface area (Å²) in [6, 6.07) is 0.119. The molecule has 2 atom stereocenters. The van der Waals surface area contributed by atoms with Crippen molar-refractivity contribution in [1.82, 2.24) is 10.3 Å². The van der Waals surface area contributed by atoms with Crippen LogP contribution in [0.2, 0.25) is 0 Å². The molecule has 1 amide bonds. The molecule has 0 saturated carbocycles. The van der Waals surface area contributed by atoms with Crippen LogP contribution in [0.25, 0.3) is 0 Å². The van der Waals surface area contributed by atoms with Gasteiger partial charge in [-0.2, -0.15) is 0 Å². The van der Waals surface area contributed by atoms with Crippen LogP contribution in [0.15, 0.2) is 18.5 Å². The van der Waals surface area contributed by atoms with E-state index in [0.29, 0.717) is 11.1 Å². The van der Waals surface area contributed by atoms with Crippen molar-refractivity contribution in [3.8, 4) is 0 Å². The summed E-state index contributed by atoms with van der Waals surface area (Å²) in [5, 5.41) is 21.5. The highest BCUT2D eigenvalue weighted by molar-refractivity contribution is 5.81. The van der Waals surface area contributed by atoms with Gasteiger partial charge in [0.2, 0.25) is 0 Å². The van der Waals surface area contributed by atoms with Crippen LogP contribution in [-0.4, -0.2) is 38.9 Å². The van der Waals surface area contributed by atoms with E-state index in [1.54, 1.807) is 33.8 Å². The Hall–Kier alpha value is -2.15. The van der Waals surface area contributed by atoms with Gasteiger partial charge in [-0.15, -0.1) is 0 Å². The summed E-state index contributed by atoms with van der Waals surface area (Å²) in [4.78, 5) is 26.8. The molecule has 0 aliphatic heterocycles. The number of carbonyl (C=O) groups is 2. The Bertz CT molecular complexity index is 524. The second kappa shape index (κ2) is 6.53. The van der Waals surface area contributed by atoms with E-state index in [-0.39, 0.29) is 0 Å². The number of aliphatic carboxylic acids is 1. The maximum Gasteiger partial charge on any atom is 0.408 e. The second-order valence-corrected chi connectivity index (χ2v) is 5.64. The molecule has 7 heteroatoms. The van der Waals surface area contributed by atoms with Gasteiger partial charge in [0.25, 0.3) is 0 Å². The van der Waals surface area contributed by atoms with E-state index in [1.807, 2.05) is 0 Å². The number of aromatic nitrogens is 1. The standard InChI is InChI=1S/C14H20N2O5/c1-8-5-6-15-7-9(8)11(17)10(12(18)19)16-13(20)21-14(2,3)4/h5-7,10-11,17H,1-4H3,(H,16,20)(H,18,19)/t10-,11+/m0/s1. The second-order valence-electron chi connectivity index (χ2n) is 5.64. The van der Waals surface area contributed by atoms with Gasteiger partial charge < -0.3 is 20.3 Å². The van der Waals surface area contributed by atoms with Crippen molar-refractivity contribution in [2.45, 2.75) is 45.4 Å². The molecule has 0 fully saturated rings. The minimum absolute atomic E-state index is 0.334. The molecule has 1 aromatic heterocycles. The van der Waals surface area contributed by atoms with Crippen LogP contribution >= 0.6 is 0 Å². The van der Waals surface area contributed by atoms with Crippen molar-refractivity contribution in [3.63, 3.8) is 0 Å². The molecule has 0 saturated heterocycles. The summed E-state index contributed by atoms with van der Waals surface area (Å²) in [5.41, 5.74) is 0.248. The summed E-state index contributed by atoms with van der Waals surface area (Å²) < 4.78 is 4.99. The smallest absolute Gasteiger partial charge is 0.408 e. The molecule has 21 heavy (non-hydrogen) atoms. The molecule has 7 nitrogen and oxygen atoms in total. The SMILES string of the molecule is Cc1ccncc1[C@@H](O)[C@H](NC(=O)OC(C)(C)C)C(=O)O. The lowest BCUT2D eigenvalue weighted by molar-refractivity contribution is -0.142. The predicted molar refractivity (Wildman–Crippen MR) is 74.7 cm³/mol. The van der Waals surface area contributed by atoms with Crippen LogP contribution in [0.1, 0.15) is 38.0 Å². The first-order chi connectivity index (χ1) is 9.61. The summed E-state index contributed by atoms with van der Waals surface area (Å²) in [6.07, 6.45) is 0.564. The van der Waals surface area contributed by atoms with Crippen LogP contribution in [0.5, 0.6) is 0 Å². The zero-order valence-corrected chi connectivity index (χ0v) is 12.5. The molecule has 0 aliphatic rings. The number of aliphatic hydroxyl groups is 1. The molecule has 1 heterocycles. The van der Waals surface area contributed by atoms with Crippen molar-refractivity contribution >= 4 is 12.1 Å². The highest BCUT2D eigenvalue weighted by atomic mass is 16.6. The van der Waals surface area contributed by atoms with Gasteiger partial charge in [-0.05, 0) is 39.3 Å². The Labute approximate surface area is 123 Å². The van der Waals surface area contributed by atoms with E-state index >= 15 is 0 Å². The van der Waals surface area contributed by atoms with Crippen LogP contribution in [0.4, 0.5) is 4.79 Å². The van der Waals surface area contributed by atoms with E-state index in [4.69, 9.17) is 4.74 Å². The van der Waals surface area contributed by atoms with E-state index in [9.17, 15) is 19.8 Å². The van der Waals surface area contributed by atoms with E-state index in [2.05, 4.69) is 10.3 Å². The number of carboxylic acid groups (broad SMARTS) is 1. The fraction of sp³-hybridized carbons (Fsp3) is 0.500. The minimum atomic E-state index is -1.53. The van der Waals surface area contributed by atoms with Crippen molar-refractivity contribution in [2.75, 3.05) is 0 Å². The summed E-state index contributed by atoms with van der Waals surface area (Å²) in [5.74, 6) is -1.36. The number of aliphatic hydroxyl groups excluding tert-OH is 1. The first kappa shape index (κ1) is 16.9. The maximum absolute atomic E-state index is 11.7. The number of hydrogen-bond acceptors (Lipinski definition) is 5. The first-order valence-corrected chi connectivity index (χ1v) is 6.42. The highest BCUT2D eigenvalue weighted by Gasteiger charge is 2.32. The third kappa shape index (κ3) is 5.03. The molecular weight excluding hydrogens is 276 g/mol. The van der Waals surface area contributed by atoms with Gasteiger partial charge in [-0.25, -0.2) is 9.59 Å². The van der Waals surface area contributed by atoms with Crippen molar-refractivity contribution < 1.29 is 24.5 Å². The fourth-order valence-electron chi connectivity index (χ4n) is 1.68. The van der Waals surface area contributed by atoms with E-state index in [1.165, 1.54) is 12.4 Å². The fourth-order valence-corrected chi connectivity index (χ4v) is 1.68. The van der Waals surface area contributed by atoms with Crippen LogP contribution in [0.3, 0.4) is 0 Å². The van der Waals surface area contributed by atoms with Gasteiger partial charge in [0.15, 0.2) is 6.04 Å². The molecule has 0 spiro atoms. The summed E-state index contributed by atoms with van der Waals surface area (Å²) in [6.45, 7) is 6.69. The average Bonchev–Trinajstić information content (AvgIpc) is 2.33. The Morgan fingerprint density at radius 1 is 1.38 bits per heavy atom. The minimum Gasteiger partial charge on any atom is -0.480 e. The first-order valence-electron chi connectivity index (χ1n) is 6.42. The van der Waals surface area contributed by atoms with Crippen LogP contribution < -0.4 is 5.32 Å². The highest BCUT2D eigenvalue weighted by Crippen LogP contribution is 2.20. The van der Waals surface area contributed by atoms with Crippen molar-refractivity contribution in [3.05, 3.63) is 29.6 Å². The van der Waals surface area contributed by atoms with Gasteiger partial charge in [0.1, 0.15) is 11.7 Å². The summed E-state index contributed by atoms with van der Waals surface area (Å²) >= 11 is 0. The van der Waals surface area contributed by atoms with Gasteiger partial charge in [-0.3, -0.25) is 4.98 Å². The maximum atomic E-state index is 11.7. The Kier molecular flexibility index (Phi) is 5.26. The zero-order valence-electron chi connectivity index (χ0n) is 12.5. The molecule has 1 aromatic rings. The number of nitrogens with zero attached hydrogens (tertiary/aromatic N) is 1. The number of rotatable bonds is 4. The number of nitrogens with one attached hydrogen (secondary N) is 1. The number of carbonyl (C=O) groups excluding carboxylic acids is 1. The topological polar surface area (TPSA) is 109 Å². The number of hydrogen-bond donors (Lipinski definition) is 3. The number of amides is 1. The molecule has 0 bridgehead atoms. The lowest BCUT2D eigenvalue weighted by Gasteiger charge is -2.24. The molecule has 0 aliphatic carbocycles. The number of carboxylic acids is 1. The Morgan fingerprint density at radius 2 is 2.00 bits per heavy atom. The monoisotopic (exact) mass is 296 g/mol. The predicted octanol–water partition coefficient (Wildman–Crippen LogP) is 1.40. The summed E-state index contributed by atoms with van der Waals surface area (Å²) in [7, 11) is 0. The molecule has 0 unspecified atom stereocenters. The van der Waals surface area contributed by atoms with Crippen molar-refractivity contribution in [1.29, 1.82) is 0 Å². The van der Waals surface area contributed by atoms with Gasteiger partial charge in [0, 0.05) is 18.0 Å². The van der Waals surface area contributed by atoms with Gasteiger partial charge in [-0.1, -0.05) is 0 Å². The average molecular weight is 296 g/mol. The van der Waals surface area contributed by atoms with Crippen LogP contribution in [-0.2, 0) is 9.53 Å². The van der Waals surface area contributed by atoms with E-state index in [0.717, 1.165) is 0 Å². The Morgan fingerprint density at radius 3 is 2.48 bits per heavy atom. The lowest BCUT2D eigenvalue weighted by atomic mass is 10.0. The Balaban J connectivity index is 2.90. The van der Waals surface area contributed by atoms with Crippen LogP contribution in [0, 0.1) is 6.92 Å². The molecule has 116 valence electrons. The zero-order chi connectivity index (χ0) is 16.2. The third-order valence-corrected chi connectivity index (χ3v) is 2.65. The third-order valence-electron chi connectivity index (χ3n) is 2.65. The van der Waals surface area contributed by atoms with Gasteiger partial charge >= 0.3 is 12.1 Å². The molecule has 0 radical (unpaired) electrons. The number of pyridine rings is 1. The van der Waals surface area contributed by atoms with Gasteiger partial charge in [0.05, 0.1) is 0 Å². The number of aryl methyl sites for hydroxylation is 1. The number of ether oxygens (including phenoxy) is 1. The molecule has 3 N–H and O–H groups in total. The van der Waals surface area contributed by atoms with Crippen molar-refractivity contribution in [2.24, 2.45) is 0 Å². The van der Waals surface area contributed by atoms with E-state index < -0.39 is 29.8 Å². The quantitative estimate of drug-likeness (QED) is 0.775. The lowest BCUT2D eigenvalue weighted by Crippen LogP contribution is -2.47. The number of alkyl carbamates (subject to hydrolysis) is 1. The molecule has 0 aromatic carbocycles. The normalized spacial score (nSPS) is 14.1.